The average Bonchev–Trinajstić information content (AvgIpc) is 3.20. The molecule has 0 spiro atoms. The summed E-state index contributed by atoms with van der Waals surface area (Å²) in [5.41, 5.74) is 1.39. The number of aromatic nitrogens is 1. The van der Waals surface area contributed by atoms with E-state index >= 15 is 0 Å². The molecular formula is C23H17ClF3N3O. The Balaban J connectivity index is 1.80. The smallest absolute Gasteiger partial charge is 0.318 e. The van der Waals surface area contributed by atoms with Crippen LogP contribution < -0.4 is 5.01 Å². The second-order valence-electron chi connectivity index (χ2n) is 7.10. The lowest BCUT2D eigenvalue weighted by molar-refractivity contribution is -0.114. The number of rotatable bonds is 3. The predicted octanol–water partition coefficient (Wildman–Crippen LogP) is 6.10. The van der Waals surface area contributed by atoms with Gasteiger partial charge in [-0.3, -0.25) is 4.79 Å². The molecule has 0 aliphatic carbocycles. The molecule has 2 aromatic carbocycles. The minimum absolute atomic E-state index is 0.268. The van der Waals surface area contributed by atoms with Crippen molar-refractivity contribution in [3.8, 4) is 5.69 Å². The zero-order valence-corrected chi connectivity index (χ0v) is 17.4. The molecule has 158 valence electrons. The van der Waals surface area contributed by atoms with Crippen molar-refractivity contribution < 1.29 is 18.0 Å². The molecule has 0 saturated heterocycles. The lowest BCUT2D eigenvalue weighted by Gasteiger charge is -2.11. The van der Waals surface area contributed by atoms with Gasteiger partial charge in [0.1, 0.15) is 0 Å². The van der Waals surface area contributed by atoms with E-state index < -0.39 is 23.4 Å². The van der Waals surface area contributed by atoms with Gasteiger partial charge in [-0.25, -0.2) is 0 Å². The Morgan fingerprint density at radius 3 is 2.23 bits per heavy atom. The summed E-state index contributed by atoms with van der Waals surface area (Å²) >= 11 is 5.96. The van der Waals surface area contributed by atoms with Crippen LogP contribution in [0.3, 0.4) is 0 Å². The van der Waals surface area contributed by atoms with E-state index in [1.165, 1.54) is 18.2 Å². The predicted molar refractivity (Wildman–Crippen MR) is 116 cm³/mol. The number of nitrogens with zero attached hydrogens (tertiary/aromatic N) is 3. The number of hydrogen-bond acceptors (Lipinski definition) is 2. The Morgan fingerprint density at radius 1 is 0.968 bits per heavy atom. The van der Waals surface area contributed by atoms with E-state index in [0.29, 0.717) is 16.3 Å². The molecular weight excluding hydrogens is 427 g/mol. The van der Waals surface area contributed by atoms with Gasteiger partial charge in [-0.1, -0.05) is 29.8 Å². The van der Waals surface area contributed by atoms with E-state index in [1.54, 1.807) is 43.3 Å². The highest BCUT2D eigenvalue weighted by molar-refractivity contribution is 6.34. The lowest BCUT2D eigenvalue weighted by Crippen LogP contribution is -2.25. The van der Waals surface area contributed by atoms with Crippen LogP contribution in [0, 0.1) is 13.8 Å². The first-order chi connectivity index (χ1) is 14.7. The Kier molecular flexibility index (Phi) is 5.23. The van der Waals surface area contributed by atoms with Gasteiger partial charge >= 0.3 is 6.18 Å². The van der Waals surface area contributed by atoms with Crippen LogP contribution in [0.5, 0.6) is 0 Å². The highest BCUT2D eigenvalue weighted by atomic mass is 35.5. The molecule has 3 aromatic rings. The molecule has 0 unspecified atom stereocenters. The van der Waals surface area contributed by atoms with Crippen LogP contribution in [0.4, 0.5) is 18.9 Å². The van der Waals surface area contributed by atoms with Crippen molar-refractivity contribution in [3.05, 3.63) is 88.2 Å². The molecule has 4 rings (SSSR count). The molecule has 0 bridgehead atoms. The molecule has 1 aliphatic heterocycles. The van der Waals surface area contributed by atoms with Gasteiger partial charge in [-0.05, 0) is 68.0 Å². The average molecular weight is 444 g/mol. The fourth-order valence-electron chi connectivity index (χ4n) is 3.58. The maximum absolute atomic E-state index is 13.7. The molecule has 0 atom stereocenters. The minimum Gasteiger partial charge on any atom is -0.318 e. The van der Waals surface area contributed by atoms with Gasteiger partial charge in [0.2, 0.25) is 0 Å². The Bertz CT molecular complexity index is 1210. The quantitative estimate of drug-likeness (QED) is 0.451. The van der Waals surface area contributed by atoms with Crippen LogP contribution >= 0.6 is 11.6 Å². The second kappa shape index (κ2) is 7.74. The van der Waals surface area contributed by atoms with Crippen LogP contribution in [-0.2, 0) is 4.79 Å². The molecule has 0 N–H and O–H groups in total. The number of carbonyl (C=O) groups is 1. The lowest BCUT2D eigenvalue weighted by atomic mass is 10.1. The van der Waals surface area contributed by atoms with Crippen LogP contribution in [0.15, 0.2) is 71.3 Å². The SMILES string of the molecule is Cc1cc(/C=C2\C(=O)N(c3ccccc3)N=C2C(F)(F)F)c(C)n1-c1ccc(Cl)cc1. The van der Waals surface area contributed by atoms with E-state index in [9.17, 15) is 18.0 Å². The molecule has 1 amide bonds. The Hall–Kier alpha value is -3.32. The third kappa shape index (κ3) is 3.88. The topological polar surface area (TPSA) is 37.6 Å². The molecule has 8 heteroatoms. The van der Waals surface area contributed by atoms with Gasteiger partial charge < -0.3 is 4.57 Å². The summed E-state index contributed by atoms with van der Waals surface area (Å²) in [6.45, 7) is 3.63. The maximum atomic E-state index is 13.7. The number of hydrazone groups is 1. The summed E-state index contributed by atoms with van der Waals surface area (Å²) in [4.78, 5) is 12.9. The second-order valence-corrected chi connectivity index (χ2v) is 7.53. The standard InChI is InChI=1S/C23H17ClF3N3O/c1-14-12-16(15(2)29(14)18-10-8-17(24)9-11-18)13-20-21(23(25,26)27)28-30(22(20)31)19-6-4-3-5-7-19/h3-13H,1-2H3/b20-13-. The maximum Gasteiger partial charge on any atom is 0.435 e. The molecule has 1 aliphatic rings. The number of amides is 1. The number of para-hydroxylation sites is 1. The van der Waals surface area contributed by atoms with E-state index in [-0.39, 0.29) is 5.69 Å². The molecule has 4 nitrogen and oxygen atoms in total. The highest BCUT2D eigenvalue weighted by Gasteiger charge is 2.46. The van der Waals surface area contributed by atoms with Gasteiger partial charge in [0.25, 0.3) is 5.91 Å². The van der Waals surface area contributed by atoms with E-state index in [4.69, 9.17) is 11.6 Å². The van der Waals surface area contributed by atoms with Crippen molar-refractivity contribution in [2.24, 2.45) is 5.10 Å². The number of alkyl halides is 3. The number of hydrogen-bond donors (Lipinski definition) is 0. The van der Waals surface area contributed by atoms with Crippen molar-refractivity contribution in [1.29, 1.82) is 0 Å². The van der Waals surface area contributed by atoms with Crippen molar-refractivity contribution >= 4 is 35.0 Å². The van der Waals surface area contributed by atoms with Crippen LogP contribution in [-0.4, -0.2) is 22.4 Å². The fraction of sp³-hybridized carbons (Fsp3) is 0.130. The molecule has 0 radical (unpaired) electrons. The Labute approximate surface area is 181 Å². The monoisotopic (exact) mass is 443 g/mol. The summed E-state index contributed by atoms with van der Waals surface area (Å²) in [6, 6.07) is 16.9. The van der Waals surface area contributed by atoms with Gasteiger partial charge in [0, 0.05) is 22.1 Å². The summed E-state index contributed by atoms with van der Waals surface area (Å²) in [6.07, 6.45) is -3.51. The first-order valence-corrected chi connectivity index (χ1v) is 9.77. The fourth-order valence-corrected chi connectivity index (χ4v) is 3.70. The summed E-state index contributed by atoms with van der Waals surface area (Å²) in [5.74, 6) is -0.824. The van der Waals surface area contributed by atoms with Gasteiger partial charge in [-0.15, -0.1) is 0 Å². The normalized spacial score (nSPS) is 15.7. The zero-order chi connectivity index (χ0) is 22.3. The number of aryl methyl sites for hydroxylation is 1. The summed E-state index contributed by atoms with van der Waals surface area (Å²) in [7, 11) is 0. The van der Waals surface area contributed by atoms with Gasteiger partial charge in [-0.2, -0.15) is 23.3 Å². The molecule has 0 fully saturated rings. The molecule has 2 heterocycles. The van der Waals surface area contributed by atoms with E-state index in [1.807, 2.05) is 23.6 Å². The largest absolute Gasteiger partial charge is 0.435 e. The summed E-state index contributed by atoms with van der Waals surface area (Å²) in [5, 5.41) is 4.97. The van der Waals surface area contributed by atoms with Crippen molar-refractivity contribution in [2.45, 2.75) is 20.0 Å². The van der Waals surface area contributed by atoms with Gasteiger partial charge in [0.05, 0.1) is 11.3 Å². The molecule has 31 heavy (non-hydrogen) atoms. The van der Waals surface area contributed by atoms with E-state index in [0.717, 1.165) is 16.4 Å². The third-order valence-corrected chi connectivity index (χ3v) is 5.25. The number of anilines is 1. The highest BCUT2D eigenvalue weighted by Crippen LogP contribution is 2.33. The van der Waals surface area contributed by atoms with Crippen LogP contribution in [0.25, 0.3) is 11.8 Å². The Morgan fingerprint density at radius 2 is 1.61 bits per heavy atom. The summed E-state index contributed by atoms with van der Waals surface area (Å²) < 4.78 is 43.0. The molecule has 1 aromatic heterocycles. The first-order valence-electron chi connectivity index (χ1n) is 9.39. The molecule has 0 saturated carbocycles. The minimum atomic E-state index is -4.77. The van der Waals surface area contributed by atoms with Crippen molar-refractivity contribution in [1.82, 2.24) is 4.57 Å². The first kappa shape index (κ1) is 20.9. The number of carbonyl (C=O) groups excluding carboxylic acids is 1. The van der Waals surface area contributed by atoms with Crippen LogP contribution in [0.1, 0.15) is 17.0 Å². The van der Waals surface area contributed by atoms with E-state index in [2.05, 4.69) is 5.10 Å². The number of benzene rings is 2. The van der Waals surface area contributed by atoms with Crippen molar-refractivity contribution in [2.75, 3.05) is 5.01 Å². The van der Waals surface area contributed by atoms with Crippen LogP contribution in [0.2, 0.25) is 5.02 Å². The van der Waals surface area contributed by atoms with Gasteiger partial charge in [0.15, 0.2) is 5.71 Å². The van der Waals surface area contributed by atoms with Crippen molar-refractivity contribution in [3.63, 3.8) is 0 Å². The number of halogens is 4. The third-order valence-electron chi connectivity index (χ3n) is 5.00. The zero-order valence-electron chi connectivity index (χ0n) is 16.6.